The molecule has 0 aliphatic heterocycles. The van der Waals surface area contributed by atoms with E-state index in [1.165, 1.54) is 0 Å². The number of hydrogen-bond donors (Lipinski definition) is 2. The number of anilines is 1. The zero-order chi connectivity index (χ0) is 8.93. The molecule has 2 heterocycles. The summed E-state index contributed by atoms with van der Waals surface area (Å²) in [5.41, 5.74) is 8.87. The van der Waals surface area contributed by atoms with Crippen LogP contribution >= 0.6 is 22.7 Å². The first-order valence-electron chi connectivity index (χ1n) is 3.70. The van der Waals surface area contributed by atoms with Crippen molar-refractivity contribution in [1.82, 2.24) is 15.4 Å². The molecule has 0 fully saturated rings. The average Bonchev–Trinajstić information content (AvgIpc) is 2.75. The Morgan fingerprint density at radius 1 is 1.38 bits per heavy atom. The Hall–Kier alpha value is -0.980. The van der Waals surface area contributed by atoms with Crippen molar-refractivity contribution < 1.29 is 0 Å². The molecule has 2 rings (SSSR count). The Labute approximate surface area is 83.6 Å². The molecule has 0 aliphatic rings. The number of thiazole rings is 2. The van der Waals surface area contributed by atoms with Gasteiger partial charge in [0.05, 0.1) is 17.7 Å². The van der Waals surface area contributed by atoms with Gasteiger partial charge in [-0.25, -0.2) is 15.4 Å². The second-order valence-electron chi connectivity index (χ2n) is 2.30. The molecule has 0 saturated heterocycles. The Morgan fingerprint density at radius 3 is 3.08 bits per heavy atom. The first-order chi connectivity index (χ1) is 6.45. The maximum Gasteiger partial charge on any atom is 0.197 e. The molecule has 0 aromatic carbocycles. The van der Waals surface area contributed by atoms with Crippen molar-refractivity contribution in [3.8, 4) is 0 Å². The van der Waals surface area contributed by atoms with Crippen molar-refractivity contribution in [2.75, 3.05) is 5.43 Å². The minimum absolute atomic E-state index is 0.711. The normalized spacial score (nSPS) is 10.2. The van der Waals surface area contributed by atoms with Gasteiger partial charge in [0, 0.05) is 17.0 Å². The highest BCUT2D eigenvalue weighted by molar-refractivity contribution is 7.13. The van der Waals surface area contributed by atoms with E-state index in [0.29, 0.717) is 6.54 Å². The predicted octanol–water partition coefficient (Wildman–Crippen LogP) is 1.72. The van der Waals surface area contributed by atoms with Crippen LogP contribution in [0.2, 0.25) is 0 Å². The van der Waals surface area contributed by atoms with Crippen molar-refractivity contribution in [2.24, 2.45) is 0 Å². The molecule has 0 unspecified atom stereocenters. The predicted molar refractivity (Wildman–Crippen MR) is 54.7 cm³/mol. The standard InChI is InChI=1S/C7H8N4S2/c1-2-13-7(8-1)11-10-3-6-4-12-5-9-6/h1-2,4-5,10H,3H2,(H,8,11). The van der Waals surface area contributed by atoms with Gasteiger partial charge in [0.2, 0.25) is 0 Å². The summed E-state index contributed by atoms with van der Waals surface area (Å²) in [4.78, 5) is 8.20. The molecule has 2 aromatic rings. The highest BCUT2D eigenvalue weighted by Crippen LogP contribution is 2.08. The third kappa shape index (κ3) is 2.48. The van der Waals surface area contributed by atoms with E-state index in [0.717, 1.165) is 10.8 Å². The van der Waals surface area contributed by atoms with Crippen molar-refractivity contribution >= 4 is 27.8 Å². The van der Waals surface area contributed by atoms with Crippen LogP contribution in [-0.4, -0.2) is 9.97 Å². The number of nitrogens with zero attached hydrogens (tertiary/aromatic N) is 2. The molecular weight excluding hydrogens is 204 g/mol. The third-order valence-corrected chi connectivity index (χ3v) is 2.70. The lowest BCUT2D eigenvalue weighted by molar-refractivity contribution is 0.781. The fourth-order valence-electron chi connectivity index (χ4n) is 0.820. The third-order valence-electron chi connectivity index (χ3n) is 1.38. The zero-order valence-corrected chi connectivity index (χ0v) is 8.36. The molecule has 0 atom stereocenters. The van der Waals surface area contributed by atoms with Gasteiger partial charge in [-0.15, -0.1) is 22.7 Å². The van der Waals surface area contributed by atoms with Crippen molar-refractivity contribution in [3.05, 3.63) is 28.2 Å². The molecule has 0 saturated carbocycles. The van der Waals surface area contributed by atoms with Crippen LogP contribution in [0.25, 0.3) is 0 Å². The zero-order valence-electron chi connectivity index (χ0n) is 6.73. The summed E-state index contributed by atoms with van der Waals surface area (Å²) in [5, 5.41) is 4.80. The Kier molecular flexibility index (Phi) is 2.86. The van der Waals surface area contributed by atoms with Gasteiger partial charge in [0.15, 0.2) is 5.13 Å². The maximum atomic E-state index is 4.13. The summed E-state index contributed by atoms with van der Waals surface area (Å²) in [6.07, 6.45) is 1.76. The van der Waals surface area contributed by atoms with E-state index in [-0.39, 0.29) is 0 Å². The molecule has 2 N–H and O–H groups in total. The summed E-state index contributed by atoms with van der Waals surface area (Å²) in [7, 11) is 0. The van der Waals surface area contributed by atoms with Crippen molar-refractivity contribution in [1.29, 1.82) is 0 Å². The molecule has 0 amide bonds. The fraction of sp³-hybridized carbons (Fsp3) is 0.143. The van der Waals surface area contributed by atoms with E-state index in [9.17, 15) is 0 Å². The average molecular weight is 212 g/mol. The van der Waals surface area contributed by atoms with Gasteiger partial charge in [-0.05, 0) is 0 Å². The lowest BCUT2D eigenvalue weighted by atomic mass is 10.5. The van der Waals surface area contributed by atoms with Gasteiger partial charge in [0.25, 0.3) is 0 Å². The number of nitrogens with one attached hydrogen (secondary N) is 2. The van der Waals surface area contributed by atoms with Crippen LogP contribution in [0.1, 0.15) is 5.69 Å². The molecule has 0 bridgehead atoms. The first kappa shape index (κ1) is 8.61. The molecule has 68 valence electrons. The van der Waals surface area contributed by atoms with Crippen LogP contribution in [0.4, 0.5) is 5.13 Å². The summed E-state index contributed by atoms with van der Waals surface area (Å²) in [6, 6.07) is 0. The van der Waals surface area contributed by atoms with Gasteiger partial charge in [-0.3, -0.25) is 5.43 Å². The van der Waals surface area contributed by atoms with Gasteiger partial charge >= 0.3 is 0 Å². The quantitative estimate of drug-likeness (QED) is 0.758. The van der Waals surface area contributed by atoms with Crippen LogP contribution in [0.3, 0.4) is 0 Å². The summed E-state index contributed by atoms with van der Waals surface area (Å²) in [6.45, 7) is 0.711. The molecule has 0 radical (unpaired) electrons. The number of hydrogen-bond acceptors (Lipinski definition) is 6. The highest BCUT2D eigenvalue weighted by Gasteiger charge is 1.94. The highest BCUT2D eigenvalue weighted by atomic mass is 32.1. The SMILES string of the molecule is c1csc(NNCc2cscn2)n1. The number of hydrazine groups is 1. The number of aromatic nitrogens is 2. The molecule has 13 heavy (non-hydrogen) atoms. The van der Waals surface area contributed by atoms with E-state index < -0.39 is 0 Å². The second-order valence-corrected chi connectivity index (χ2v) is 3.91. The maximum absolute atomic E-state index is 4.13. The summed E-state index contributed by atoms with van der Waals surface area (Å²) in [5.74, 6) is 0. The molecule has 0 spiro atoms. The van der Waals surface area contributed by atoms with E-state index in [2.05, 4.69) is 20.8 Å². The molecular formula is C7H8N4S2. The van der Waals surface area contributed by atoms with E-state index in [4.69, 9.17) is 0 Å². The van der Waals surface area contributed by atoms with Crippen LogP contribution < -0.4 is 10.9 Å². The van der Waals surface area contributed by atoms with Crippen LogP contribution in [0.15, 0.2) is 22.5 Å². The van der Waals surface area contributed by atoms with Crippen molar-refractivity contribution in [3.63, 3.8) is 0 Å². The minimum Gasteiger partial charge on any atom is -0.297 e. The van der Waals surface area contributed by atoms with Gasteiger partial charge < -0.3 is 0 Å². The molecule has 6 heteroatoms. The minimum atomic E-state index is 0.711. The summed E-state index contributed by atoms with van der Waals surface area (Å²) < 4.78 is 0. The van der Waals surface area contributed by atoms with Crippen LogP contribution in [-0.2, 0) is 6.54 Å². The topological polar surface area (TPSA) is 49.8 Å². The van der Waals surface area contributed by atoms with E-state index in [1.807, 2.05) is 16.3 Å². The van der Waals surface area contributed by atoms with Crippen molar-refractivity contribution in [2.45, 2.75) is 6.54 Å². The Balaban J connectivity index is 1.76. The smallest absolute Gasteiger partial charge is 0.197 e. The van der Waals surface area contributed by atoms with Gasteiger partial charge in [-0.2, -0.15) is 0 Å². The molecule has 4 nitrogen and oxygen atoms in total. The van der Waals surface area contributed by atoms with E-state index >= 15 is 0 Å². The Morgan fingerprint density at radius 2 is 2.38 bits per heavy atom. The Bertz CT molecular complexity index is 295. The lowest BCUT2D eigenvalue weighted by Gasteiger charge is -2.01. The lowest BCUT2D eigenvalue weighted by Crippen LogP contribution is -2.20. The summed E-state index contributed by atoms with van der Waals surface area (Å²) >= 11 is 3.15. The van der Waals surface area contributed by atoms with Gasteiger partial charge in [-0.1, -0.05) is 0 Å². The van der Waals surface area contributed by atoms with Gasteiger partial charge in [0.1, 0.15) is 0 Å². The molecule has 0 aliphatic carbocycles. The van der Waals surface area contributed by atoms with E-state index in [1.54, 1.807) is 28.9 Å². The van der Waals surface area contributed by atoms with Crippen LogP contribution in [0.5, 0.6) is 0 Å². The first-order valence-corrected chi connectivity index (χ1v) is 5.53. The number of rotatable bonds is 4. The fourth-order valence-corrected chi connectivity index (χ4v) is 1.88. The monoisotopic (exact) mass is 212 g/mol. The second kappa shape index (κ2) is 4.31. The largest absolute Gasteiger partial charge is 0.297 e. The molecule has 2 aromatic heterocycles. The van der Waals surface area contributed by atoms with Crippen LogP contribution in [0, 0.1) is 0 Å².